The van der Waals surface area contributed by atoms with E-state index in [4.69, 9.17) is 0 Å². The van der Waals surface area contributed by atoms with Gasteiger partial charge in [-0.2, -0.15) is 0 Å². The van der Waals surface area contributed by atoms with E-state index in [0.717, 1.165) is 13.1 Å². The molecule has 1 amide bonds. The summed E-state index contributed by atoms with van der Waals surface area (Å²) in [6.07, 6.45) is 0.686. The Bertz CT molecular complexity index is 348. The van der Waals surface area contributed by atoms with Gasteiger partial charge in [0.15, 0.2) is 9.84 Å². The summed E-state index contributed by atoms with van der Waals surface area (Å²) < 4.78 is 22.3. The van der Waals surface area contributed by atoms with Crippen molar-refractivity contribution in [2.75, 3.05) is 31.1 Å². The lowest BCUT2D eigenvalue weighted by molar-refractivity contribution is -0.126. The molecule has 0 aromatic heterocycles. The molecular weight excluding hydrogens is 216 g/mol. The van der Waals surface area contributed by atoms with Gasteiger partial charge in [0, 0.05) is 19.6 Å². The first-order chi connectivity index (χ1) is 7.07. The molecule has 1 unspecified atom stereocenters. The molecule has 5 nitrogen and oxygen atoms in total. The molecule has 6 heteroatoms. The van der Waals surface area contributed by atoms with Gasteiger partial charge < -0.3 is 10.6 Å². The van der Waals surface area contributed by atoms with Gasteiger partial charge >= 0.3 is 0 Å². The van der Waals surface area contributed by atoms with Gasteiger partial charge in [-0.25, -0.2) is 8.42 Å². The fraction of sp³-hybridized carbons (Fsp3) is 0.889. The summed E-state index contributed by atoms with van der Waals surface area (Å²) in [5.41, 5.74) is 0. The van der Waals surface area contributed by atoms with Crippen molar-refractivity contribution >= 4 is 15.7 Å². The van der Waals surface area contributed by atoms with Gasteiger partial charge in [-0.3, -0.25) is 4.79 Å². The molecule has 2 aliphatic rings. The molecule has 1 atom stereocenters. The number of amides is 1. The minimum absolute atomic E-state index is 0.0537. The predicted octanol–water partition coefficient (Wildman–Crippen LogP) is -1.24. The van der Waals surface area contributed by atoms with Gasteiger partial charge in [0.05, 0.1) is 17.4 Å². The lowest BCUT2D eigenvalue weighted by Gasteiger charge is -2.26. The van der Waals surface area contributed by atoms with Crippen LogP contribution in [0.2, 0.25) is 0 Å². The van der Waals surface area contributed by atoms with Crippen molar-refractivity contribution in [1.82, 2.24) is 10.6 Å². The van der Waals surface area contributed by atoms with E-state index in [9.17, 15) is 13.2 Å². The maximum Gasteiger partial charge on any atom is 0.225 e. The maximum atomic E-state index is 11.4. The van der Waals surface area contributed by atoms with Crippen molar-refractivity contribution in [1.29, 1.82) is 0 Å². The second-order valence-electron chi connectivity index (χ2n) is 4.37. The quantitative estimate of drug-likeness (QED) is 0.638. The van der Waals surface area contributed by atoms with Crippen LogP contribution in [-0.4, -0.2) is 45.5 Å². The zero-order valence-corrected chi connectivity index (χ0v) is 9.35. The molecule has 0 aliphatic carbocycles. The number of hydrogen-bond donors (Lipinski definition) is 2. The van der Waals surface area contributed by atoms with Crippen molar-refractivity contribution in [3.63, 3.8) is 0 Å². The van der Waals surface area contributed by atoms with Crippen molar-refractivity contribution in [2.24, 2.45) is 11.8 Å². The lowest BCUT2D eigenvalue weighted by atomic mass is 10.0. The Morgan fingerprint density at radius 2 is 2.13 bits per heavy atom. The van der Waals surface area contributed by atoms with E-state index in [1.54, 1.807) is 0 Å². The Morgan fingerprint density at radius 3 is 2.60 bits per heavy atom. The summed E-state index contributed by atoms with van der Waals surface area (Å²) in [5, 5.41) is 5.85. The number of nitrogens with one attached hydrogen (secondary N) is 2. The molecule has 0 aromatic carbocycles. The molecule has 0 aromatic rings. The van der Waals surface area contributed by atoms with Gasteiger partial charge in [0.1, 0.15) is 0 Å². The Labute approximate surface area is 89.5 Å². The van der Waals surface area contributed by atoms with Gasteiger partial charge in [0.2, 0.25) is 5.91 Å². The number of carbonyl (C=O) groups is 1. The van der Waals surface area contributed by atoms with Crippen molar-refractivity contribution in [3.05, 3.63) is 0 Å². The molecule has 2 heterocycles. The van der Waals surface area contributed by atoms with Crippen LogP contribution >= 0.6 is 0 Å². The minimum atomic E-state index is -2.82. The molecule has 2 saturated heterocycles. The molecule has 2 N–H and O–H groups in total. The molecule has 0 saturated carbocycles. The summed E-state index contributed by atoms with van der Waals surface area (Å²) in [6, 6.07) is 0. The van der Waals surface area contributed by atoms with Crippen LogP contribution in [0.5, 0.6) is 0 Å². The van der Waals surface area contributed by atoms with Crippen LogP contribution in [-0.2, 0) is 14.6 Å². The predicted molar refractivity (Wildman–Crippen MR) is 56.1 cm³/mol. The normalized spacial score (nSPS) is 29.7. The highest BCUT2D eigenvalue weighted by Crippen LogP contribution is 2.17. The van der Waals surface area contributed by atoms with Crippen LogP contribution in [0.25, 0.3) is 0 Å². The van der Waals surface area contributed by atoms with Crippen LogP contribution in [0.3, 0.4) is 0 Å². The Kier molecular flexibility index (Phi) is 2.97. The number of carbonyl (C=O) groups excluding carboxylic acids is 1. The van der Waals surface area contributed by atoms with E-state index in [-0.39, 0.29) is 29.2 Å². The smallest absolute Gasteiger partial charge is 0.225 e. The summed E-state index contributed by atoms with van der Waals surface area (Å²) in [5.74, 6) is 0.766. The highest BCUT2D eigenvalue weighted by atomic mass is 32.2. The third-order valence-corrected chi connectivity index (χ3v) is 4.88. The molecule has 15 heavy (non-hydrogen) atoms. The zero-order valence-electron chi connectivity index (χ0n) is 8.53. The molecule has 2 aliphatic heterocycles. The van der Waals surface area contributed by atoms with Gasteiger partial charge in [0.25, 0.3) is 0 Å². The summed E-state index contributed by atoms with van der Waals surface area (Å²) in [6.45, 7) is 2.00. The first kappa shape index (κ1) is 10.9. The van der Waals surface area contributed by atoms with Crippen LogP contribution in [0.4, 0.5) is 0 Å². The fourth-order valence-electron chi connectivity index (χ4n) is 1.90. The topological polar surface area (TPSA) is 75.3 Å². The molecule has 2 rings (SSSR count). The first-order valence-electron chi connectivity index (χ1n) is 5.26. The average Bonchev–Trinajstić information content (AvgIpc) is 2.39. The minimum Gasteiger partial charge on any atom is -0.355 e. The van der Waals surface area contributed by atoms with Crippen molar-refractivity contribution in [3.8, 4) is 0 Å². The van der Waals surface area contributed by atoms with Gasteiger partial charge in [-0.1, -0.05) is 0 Å². The van der Waals surface area contributed by atoms with E-state index in [2.05, 4.69) is 10.6 Å². The molecule has 0 spiro atoms. The molecular formula is C9H16N2O3S. The maximum absolute atomic E-state index is 11.4. The highest BCUT2D eigenvalue weighted by Gasteiger charge is 2.29. The van der Waals surface area contributed by atoms with E-state index in [0.29, 0.717) is 13.0 Å². The molecule has 0 radical (unpaired) electrons. The summed E-state index contributed by atoms with van der Waals surface area (Å²) >= 11 is 0. The van der Waals surface area contributed by atoms with Crippen LogP contribution < -0.4 is 10.6 Å². The second kappa shape index (κ2) is 4.09. The number of rotatable bonds is 3. The van der Waals surface area contributed by atoms with E-state index in [1.165, 1.54) is 0 Å². The van der Waals surface area contributed by atoms with E-state index < -0.39 is 9.84 Å². The van der Waals surface area contributed by atoms with Crippen LogP contribution in [0.1, 0.15) is 6.42 Å². The second-order valence-corrected chi connectivity index (χ2v) is 6.60. The average molecular weight is 232 g/mol. The third-order valence-electron chi connectivity index (χ3n) is 3.04. The SMILES string of the molecule is O=C(NCC1CCS(=O)(=O)C1)C1CNC1. The van der Waals surface area contributed by atoms with Gasteiger partial charge in [-0.15, -0.1) is 0 Å². The number of sulfone groups is 1. The molecule has 0 bridgehead atoms. The Morgan fingerprint density at radius 1 is 1.40 bits per heavy atom. The lowest BCUT2D eigenvalue weighted by Crippen LogP contribution is -2.51. The monoisotopic (exact) mass is 232 g/mol. The Balaban J connectivity index is 1.72. The standard InChI is InChI=1S/C9H16N2O3S/c12-9(8-4-10-5-8)11-3-7-1-2-15(13,14)6-7/h7-8,10H,1-6H2,(H,11,12). The number of hydrogen-bond acceptors (Lipinski definition) is 4. The van der Waals surface area contributed by atoms with E-state index >= 15 is 0 Å². The van der Waals surface area contributed by atoms with Crippen molar-refractivity contribution < 1.29 is 13.2 Å². The van der Waals surface area contributed by atoms with Crippen LogP contribution in [0, 0.1) is 11.8 Å². The fourth-order valence-corrected chi connectivity index (χ4v) is 3.76. The zero-order chi connectivity index (χ0) is 10.9. The van der Waals surface area contributed by atoms with Crippen molar-refractivity contribution in [2.45, 2.75) is 6.42 Å². The third kappa shape index (κ3) is 2.69. The molecule has 86 valence electrons. The van der Waals surface area contributed by atoms with Gasteiger partial charge in [-0.05, 0) is 12.3 Å². The highest BCUT2D eigenvalue weighted by molar-refractivity contribution is 7.91. The summed E-state index contributed by atoms with van der Waals surface area (Å²) in [7, 11) is -2.82. The first-order valence-corrected chi connectivity index (χ1v) is 7.08. The Hall–Kier alpha value is -0.620. The van der Waals surface area contributed by atoms with Crippen LogP contribution in [0.15, 0.2) is 0 Å². The molecule has 2 fully saturated rings. The largest absolute Gasteiger partial charge is 0.355 e. The van der Waals surface area contributed by atoms with E-state index in [1.807, 2.05) is 0 Å². The summed E-state index contributed by atoms with van der Waals surface area (Å²) in [4.78, 5) is 11.4.